The normalized spacial score (nSPS) is 11.5. The molecule has 0 fully saturated rings. The Morgan fingerprint density at radius 3 is 1.07 bits per heavy atom. The summed E-state index contributed by atoms with van der Waals surface area (Å²) in [5.41, 5.74) is 7.65. The van der Waals surface area contributed by atoms with Crippen LogP contribution in [0.3, 0.4) is 0 Å². The number of hydrogen-bond donors (Lipinski definition) is 0. The number of benzene rings is 8. The largest absolute Gasteiger partial charge is 0.0616 e. The van der Waals surface area contributed by atoms with Crippen molar-refractivity contribution in [2.45, 2.75) is 0 Å². The summed E-state index contributed by atoms with van der Waals surface area (Å²) in [6, 6.07) is 57.5. The average molecular weight is 507 g/mol. The van der Waals surface area contributed by atoms with Crippen molar-refractivity contribution in [2.75, 3.05) is 0 Å². The second-order valence-electron chi connectivity index (χ2n) is 10.4. The van der Waals surface area contributed by atoms with Gasteiger partial charge in [-0.3, -0.25) is 0 Å². The summed E-state index contributed by atoms with van der Waals surface area (Å²) >= 11 is 0. The highest BCUT2D eigenvalue weighted by Crippen LogP contribution is 2.47. The van der Waals surface area contributed by atoms with Crippen molar-refractivity contribution < 1.29 is 0 Å². The Morgan fingerprint density at radius 2 is 0.525 bits per heavy atom. The van der Waals surface area contributed by atoms with Gasteiger partial charge in [0.1, 0.15) is 0 Å². The molecule has 0 amide bonds. The fourth-order valence-electron chi connectivity index (χ4n) is 6.55. The summed E-state index contributed by atoms with van der Waals surface area (Å²) in [6.07, 6.45) is 0. The van der Waals surface area contributed by atoms with Crippen molar-refractivity contribution in [1.29, 1.82) is 0 Å². The van der Waals surface area contributed by atoms with Gasteiger partial charge < -0.3 is 0 Å². The zero-order chi connectivity index (χ0) is 26.5. The van der Waals surface area contributed by atoms with Crippen LogP contribution in [-0.4, -0.2) is 0 Å². The maximum absolute atomic E-state index is 2.30. The van der Waals surface area contributed by atoms with Crippen molar-refractivity contribution in [1.82, 2.24) is 0 Å². The third-order valence-electron chi connectivity index (χ3n) is 8.27. The first-order valence-corrected chi connectivity index (χ1v) is 13.9. The van der Waals surface area contributed by atoms with Crippen LogP contribution in [0.15, 0.2) is 158 Å². The van der Waals surface area contributed by atoms with Gasteiger partial charge in [-0.2, -0.15) is 0 Å². The minimum absolute atomic E-state index is 1.26. The summed E-state index contributed by atoms with van der Waals surface area (Å²) in [4.78, 5) is 0. The zero-order valence-corrected chi connectivity index (χ0v) is 22.0. The molecule has 0 N–H and O–H groups in total. The molecule has 0 aliphatic rings. The van der Waals surface area contributed by atoms with E-state index in [9.17, 15) is 0 Å². The van der Waals surface area contributed by atoms with E-state index in [1.807, 2.05) is 0 Å². The van der Waals surface area contributed by atoms with Crippen LogP contribution in [0.5, 0.6) is 0 Å². The first-order valence-electron chi connectivity index (χ1n) is 13.9. The molecular formula is C40H26. The highest BCUT2D eigenvalue weighted by molar-refractivity contribution is 6.24. The molecular weight excluding hydrogens is 480 g/mol. The van der Waals surface area contributed by atoms with Crippen LogP contribution in [0.4, 0.5) is 0 Å². The molecule has 186 valence electrons. The van der Waals surface area contributed by atoms with Gasteiger partial charge in [-0.25, -0.2) is 0 Å². The molecule has 0 aliphatic heterocycles. The van der Waals surface area contributed by atoms with E-state index in [1.165, 1.54) is 76.5 Å². The molecule has 0 saturated heterocycles. The minimum atomic E-state index is 1.26. The van der Waals surface area contributed by atoms with Crippen molar-refractivity contribution in [3.05, 3.63) is 158 Å². The van der Waals surface area contributed by atoms with Gasteiger partial charge in [-0.1, -0.05) is 158 Å². The second-order valence-corrected chi connectivity index (χ2v) is 10.4. The molecule has 8 rings (SSSR count). The monoisotopic (exact) mass is 506 g/mol. The van der Waals surface area contributed by atoms with Gasteiger partial charge in [0.05, 0.1) is 0 Å². The highest BCUT2D eigenvalue weighted by atomic mass is 14.2. The Bertz CT molecular complexity index is 2150. The molecule has 0 aliphatic carbocycles. The van der Waals surface area contributed by atoms with Crippen molar-refractivity contribution >= 4 is 43.1 Å². The summed E-state index contributed by atoms with van der Waals surface area (Å²) in [5.74, 6) is 0. The minimum Gasteiger partial charge on any atom is -0.0616 e. The Morgan fingerprint density at radius 1 is 0.200 bits per heavy atom. The van der Waals surface area contributed by atoms with Crippen LogP contribution < -0.4 is 0 Å². The smallest absolute Gasteiger partial charge is 0.00201 e. The lowest BCUT2D eigenvalue weighted by molar-refractivity contribution is 1.63. The maximum atomic E-state index is 2.30. The summed E-state index contributed by atoms with van der Waals surface area (Å²) < 4.78 is 0. The molecule has 0 radical (unpaired) electrons. The molecule has 0 unspecified atom stereocenters. The van der Waals surface area contributed by atoms with Gasteiger partial charge in [0, 0.05) is 0 Å². The van der Waals surface area contributed by atoms with E-state index in [1.54, 1.807) is 0 Å². The third kappa shape index (κ3) is 3.47. The van der Waals surface area contributed by atoms with Gasteiger partial charge >= 0.3 is 0 Å². The van der Waals surface area contributed by atoms with Gasteiger partial charge in [0.2, 0.25) is 0 Å². The van der Waals surface area contributed by atoms with Crippen LogP contribution in [0, 0.1) is 0 Å². The second kappa shape index (κ2) is 9.22. The molecule has 0 heteroatoms. The quantitative estimate of drug-likeness (QED) is 0.209. The Kier molecular flexibility index (Phi) is 5.24. The Hall–Kier alpha value is -5.20. The van der Waals surface area contributed by atoms with Gasteiger partial charge in [-0.15, -0.1) is 0 Å². The van der Waals surface area contributed by atoms with E-state index in [-0.39, 0.29) is 0 Å². The molecule has 0 bridgehead atoms. The van der Waals surface area contributed by atoms with Gasteiger partial charge in [0.15, 0.2) is 0 Å². The number of fused-ring (bicyclic) bond motifs is 4. The van der Waals surface area contributed by atoms with Crippen molar-refractivity contribution in [2.24, 2.45) is 0 Å². The van der Waals surface area contributed by atoms with Gasteiger partial charge in [0.25, 0.3) is 0 Å². The molecule has 0 aromatic heterocycles. The van der Waals surface area contributed by atoms with E-state index in [2.05, 4.69) is 158 Å². The lowest BCUT2D eigenvalue weighted by Crippen LogP contribution is -1.93. The predicted octanol–water partition coefficient (Wildman–Crippen LogP) is 11.3. The Labute approximate surface area is 233 Å². The topological polar surface area (TPSA) is 0 Å². The van der Waals surface area contributed by atoms with Crippen molar-refractivity contribution in [3.8, 4) is 33.4 Å². The lowest BCUT2D eigenvalue weighted by atomic mass is 9.82. The van der Waals surface area contributed by atoms with E-state index >= 15 is 0 Å². The fourth-order valence-corrected chi connectivity index (χ4v) is 6.55. The summed E-state index contributed by atoms with van der Waals surface area (Å²) in [7, 11) is 0. The molecule has 0 spiro atoms. The Balaban J connectivity index is 1.52. The standard InChI is InChI=1S/C40H26/c1-3-17-29-27(13-1)15-11-25-31(29)32-19-5-6-20-34(32)40-37-23-9-7-21-35(37)39(36-22-8-10-24-38(36)40)33-26-12-16-28-14-2-4-18-30(28)33/h1-26H. The van der Waals surface area contributed by atoms with Crippen LogP contribution in [0.25, 0.3) is 76.5 Å². The SMILES string of the molecule is c1ccc(-c2c3ccccc3c(-c3cccc4ccccc34)c3ccccc23)c(-c2cccc3ccccc23)c1. The van der Waals surface area contributed by atoms with Crippen LogP contribution in [0.1, 0.15) is 0 Å². The van der Waals surface area contributed by atoms with Crippen LogP contribution in [-0.2, 0) is 0 Å². The van der Waals surface area contributed by atoms with E-state index < -0.39 is 0 Å². The molecule has 8 aromatic carbocycles. The first-order chi connectivity index (χ1) is 19.9. The number of rotatable bonds is 3. The predicted molar refractivity (Wildman–Crippen MR) is 173 cm³/mol. The van der Waals surface area contributed by atoms with Crippen LogP contribution in [0.2, 0.25) is 0 Å². The summed E-state index contributed by atoms with van der Waals surface area (Å²) in [5, 5.41) is 10.2. The van der Waals surface area contributed by atoms with Crippen LogP contribution >= 0.6 is 0 Å². The lowest BCUT2D eigenvalue weighted by Gasteiger charge is -2.20. The highest BCUT2D eigenvalue weighted by Gasteiger charge is 2.20. The number of hydrogen-bond acceptors (Lipinski definition) is 0. The molecule has 0 heterocycles. The fraction of sp³-hybridized carbons (Fsp3) is 0. The molecule has 40 heavy (non-hydrogen) atoms. The molecule has 0 saturated carbocycles. The van der Waals surface area contributed by atoms with E-state index in [0.717, 1.165) is 0 Å². The van der Waals surface area contributed by atoms with Crippen molar-refractivity contribution in [3.63, 3.8) is 0 Å². The molecule has 0 nitrogen and oxygen atoms in total. The molecule has 8 aromatic rings. The average Bonchev–Trinajstić information content (AvgIpc) is 3.03. The molecule has 0 atom stereocenters. The van der Waals surface area contributed by atoms with E-state index in [0.29, 0.717) is 0 Å². The third-order valence-corrected chi connectivity index (χ3v) is 8.27. The van der Waals surface area contributed by atoms with Gasteiger partial charge in [-0.05, 0) is 76.5 Å². The summed E-state index contributed by atoms with van der Waals surface area (Å²) in [6.45, 7) is 0. The first kappa shape index (κ1) is 22.8. The maximum Gasteiger partial charge on any atom is -0.00201 e. The zero-order valence-electron chi connectivity index (χ0n) is 22.0. The van der Waals surface area contributed by atoms with E-state index in [4.69, 9.17) is 0 Å².